The molecule has 0 atom stereocenters. The normalized spacial score (nSPS) is 15.4. The number of nitrogens with zero attached hydrogens (tertiary/aromatic N) is 4. The van der Waals surface area contributed by atoms with Crippen LogP contribution in [0.2, 0.25) is 0 Å². The highest BCUT2D eigenvalue weighted by Gasteiger charge is 2.24. The maximum atomic E-state index is 13.3. The standard InChI is InChI=1S/C24H32N6O2.C4H4.C2H6/c1-4-21-16-30(15-20-14-26-28(3)23(20)27-21)24(32)19-6-5-18(17(2)13-19)7-8-22(31)29-11-9-25-10-12-29;1-3-4-2;1-2/h4-6,13-14,25,27H,7-12,15-16H2,1-3H3;1,4H,2H2;1-2H3/b21-4+;;. The third kappa shape index (κ3) is 8.09. The molecular formula is C30H42N6O2. The number of allylic oxidation sites excluding steroid dienone is 2. The van der Waals surface area contributed by atoms with Crippen molar-refractivity contribution in [3.8, 4) is 12.3 Å². The van der Waals surface area contributed by atoms with Gasteiger partial charge in [0, 0.05) is 56.5 Å². The summed E-state index contributed by atoms with van der Waals surface area (Å²) < 4.78 is 1.80. The van der Waals surface area contributed by atoms with E-state index in [1.54, 1.807) is 4.68 Å². The van der Waals surface area contributed by atoms with Crippen molar-refractivity contribution >= 4 is 17.6 Å². The minimum atomic E-state index is -0.00519. The van der Waals surface area contributed by atoms with Crippen molar-refractivity contribution < 1.29 is 9.59 Å². The zero-order valence-corrected chi connectivity index (χ0v) is 23.5. The Labute approximate surface area is 227 Å². The highest BCUT2D eigenvalue weighted by atomic mass is 16.2. The average Bonchev–Trinajstić information content (AvgIpc) is 3.18. The SMILES string of the molecule is C#CC=C.C/C=C1\CN(C(=O)c2ccc(CCC(=O)N3CCNCC3)c(C)c2)Cc2cnn(C)c2N1.CC. The Morgan fingerprint density at radius 1 is 1.18 bits per heavy atom. The highest BCUT2D eigenvalue weighted by molar-refractivity contribution is 5.95. The van der Waals surface area contributed by atoms with E-state index in [1.165, 1.54) is 6.08 Å². The van der Waals surface area contributed by atoms with Crippen LogP contribution in [0.15, 0.2) is 48.8 Å². The number of benzene rings is 1. The van der Waals surface area contributed by atoms with E-state index in [4.69, 9.17) is 0 Å². The van der Waals surface area contributed by atoms with Crippen LogP contribution in [-0.4, -0.2) is 64.1 Å². The third-order valence-corrected chi connectivity index (χ3v) is 6.44. The summed E-state index contributed by atoms with van der Waals surface area (Å²) in [6.45, 7) is 15.5. The first kappa shape index (κ1) is 30.4. The van der Waals surface area contributed by atoms with Gasteiger partial charge >= 0.3 is 0 Å². The van der Waals surface area contributed by atoms with Crippen molar-refractivity contribution in [3.05, 3.63) is 71.1 Å². The summed E-state index contributed by atoms with van der Waals surface area (Å²) in [5.74, 6) is 3.32. The van der Waals surface area contributed by atoms with E-state index >= 15 is 0 Å². The Balaban J connectivity index is 0.000000773. The van der Waals surface area contributed by atoms with Gasteiger partial charge in [0.1, 0.15) is 5.82 Å². The Morgan fingerprint density at radius 3 is 2.47 bits per heavy atom. The Bertz CT molecular complexity index is 1170. The Kier molecular flexibility index (Phi) is 12.3. The van der Waals surface area contributed by atoms with Gasteiger partial charge in [0.25, 0.3) is 5.91 Å². The van der Waals surface area contributed by atoms with Crippen LogP contribution in [0.1, 0.15) is 54.2 Å². The summed E-state index contributed by atoms with van der Waals surface area (Å²) >= 11 is 0. The lowest BCUT2D eigenvalue weighted by Crippen LogP contribution is -2.46. The van der Waals surface area contributed by atoms with Crippen LogP contribution in [0.4, 0.5) is 5.82 Å². The maximum Gasteiger partial charge on any atom is 0.254 e. The van der Waals surface area contributed by atoms with Crippen LogP contribution in [0.25, 0.3) is 0 Å². The molecule has 0 spiro atoms. The summed E-state index contributed by atoms with van der Waals surface area (Å²) in [6.07, 6.45) is 11.1. The molecule has 1 aromatic carbocycles. The van der Waals surface area contributed by atoms with Gasteiger partial charge in [-0.25, -0.2) is 0 Å². The van der Waals surface area contributed by atoms with Crippen molar-refractivity contribution in [1.82, 2.24) is 24.9 Å². The smallest absolute Gasteiger partial charge is 0.254 e. The number of fused-ring (bicyclic) bond motifs is 1. The number of amides is 2. The first-order valence-electron chi connectivity index (χ1n) is 13.2. The van der Waals surface area contributed by atoms with Gasteiger partial charge in [-0.15, -0.1) is 6.42 Å². The molecule has 0 saturated carbocycles. The van der Waals surface area contributed by atoms with Gasteiger partial charge in [0.05, 0.1) is 19.3 Å². The number of carbonyl (C=O) groups excluding carboxylic acids is 2. The van der Waals surface area contributed by atoms with Gasteiger partial charge in [0.2, 0.25) is 5.91 Å². The molecule has 1 aromatic heterocycles. The van der Waals surface area contributed by atoms with E-state index in [1.807, 2.05) is 75.0 Å². The summed E-state index contributed by atoms with van der Waals surface area (Å²) in [5, 5.41) is 11.0. The van der Waals surface area contributed by atoms with Gasteiger partial charge in [-0.2, -0.15) is 5.10 Å². The zero-order chi connectivity index (χ0) is 28.1. The molecular weight excluding hydrogens is 476 g/mol. The van der Waals surface area contributed by atoms with E-state index in [0.29, 0.717) is 31.5 Å². The van der Waals surface area contributed by atoms with Crippen LogP contribution >= 0.6 is 0 Å². The number of rotatable bonds is 4. The number of hydrogen-bond donors (Lipinski definition) is 2. The number of anilines is 1. The molecule has 4 rings (SSSR count). The topological polar surface area (TPSA) is 82.5 Å². The minimum Gasteiger partial charge on any atom is -0.342 e. The lowest BCUT2D eigenvalue weighted by Gasteiger charge is -2.27. The number of piperazine rings is 1. The van der Waals surface area contributed by atoms with Crippen molar-refractivity contribution in [3.63, 3.8) is 0 Å². The minimum absolute atomic E-state index is 0.00519. The number of carbonyl (C=O) groups is 2. The lowest BCUT2D eigenvalue weighted by molar-refractivity contribution is -0.131. The van der Waals surface area contributed by atoms with Crippen LogP contribution in [-0.2, 0) is 24.8 Å². The lowest BCUT2D eigenvalue weighted by atomic mass is 10.00. The van der Waals surface area contributed by atoms with Crippen LogP contribution < -0.4 is 10.6 Å². The molecule has 0 aliphatic carbocycles. The molecule has 2 N–H and O–H groups in total. The van der Waals surface area contributed by atoms with Crippen LogP contribution in [0, 0.1) is 19.3 Å². The molecule has 3 heterocycles. The molecule has 8 heteroatoms. The second kappa shape index (κ2) is 15.4. The predicted octanol–water partition coefficient (Wildman–Crippen LogP) is 3.90. The fraction of sp³-hybridized carbons (Fsp3) is 0.433. The maximum absolute atomic E-state index is 13.3. The average molecular weight is 519 g/mol. The number of hydrogen-bond acceptors (Lipinski definition) is 5. The fourth-order valence-electron chi connectivity index (χ4n) is 4.33. The van der Waals surface area contributed by atoms with Gasteiger partial charge < -0.3 is 20.4 Å². The van der Waals surface area contributed by atoms with Gasteiger partial charge in [-0.1, -0.05) is 38.5 Å². The van der Waals surface area contributed by atoms with E-state index in [9.17, 15) is 9.59 Å². The molecule has 0 radical (unpaired) electrons. The van der Waals surface area contributed by atoms with Crippen LogP contribution in [0.3, 0.4) is 0 Å². The second-order valence-electron chi connectivity index (χ2n) is 8.88. The molecule has 0 bridgehead atoms. The van der Waals surface area contributed by atoms with Crippen molar-refractivity contribution in [1.29, 1.82) is 0 Å². The molecule has 8 nitrogen and oxygen atoms in total. The molecule has 1 saturated heterocycles. The molecule has 2 aromatic rings. The van der Waals surface area contributed by atoms with Gasteiger partial charge in [0.15, 0.2) is 0 Å². The molecule has 2 amide bonds. The molecule has 2 aliphatic rings. The summed E-state index contributed by atoms with van der Waals surface area (Å²) in [5.41, 5.74) is 4.80. The van der Waals surface area contributed by atoms with Crippen LogP contribution in [0.5, 0.6) is 0 Å². The zero-order valence-electron chi connectivity index (χ0n) is 23.5. The number of terminal acetylenes is 1. The summed E-state index contributed by atoms with van der Waals surface area (Å²) in [7, 11) is 1.89. The highest BCUT2D eigenvalue weighted by Crippen LogP contribution is 2.25. The molecule has 2 aliphatic heterocycles. The summed E-state index contributed by atoms with van der Waals surface area (Å²) in [4.78, 5) is 29.6. The summed E-state index contributed by atoms with van der Waals surface area (Å²) in [6, 6.07) is 5.83. The number of aryl methyl sites for hydroxylation is 3. The molecule has 204 valence electrons. The van der Waals surface area contributed by atoms with E-state index < -0.39 is 0 Å². The first-order valence-corrected chi connectivity index (χ1v) is 13.2. The molecule has 0 unspecified atom stereocenters. The largest absolute Gasteiger partial charge is 0.342 e. The van der Waals surface area contributed by atoms with Crippen molar-refractivity contribution in [2.75, 3.05) is 38.0 Å². The number of nitrogens with one attached hydrogen (secondary N) is 2. The van der Waals surface area contributed by atoms with Crippen molar-refractivity contribution in [2.24, 2.45) is 7.05 Å². The predicted molar refractivity (Wildman–Crippen MR) is 155 cm³/mol. The molecule has 1 fully saturated rings. The fourth-order valence-corrected chi connectivity index (χ4v) is 4.33. The van der Waals surface area contributed by atoms with Gasteiger partial charge in [-0.3, -0.25) is 14.3 Å². The Morgan fingerprint density at radius 2 is 1.87 bits per heavy atom. The number of aromatic nitrogens is 2. The quantitative estimate of drug-likeness (QED) is 0.600. The Hall–Kier alpha value is -3.83. The monoisotopic (exact) mass is 518 g/mol. The van der Waals surface area contributed by atoms with Gasteiger partial charge in [-0.05, 0) is 49.6 Å². The first-order chi connectivity index (χ1) is 18.4. The van der Waals surface area contributed by atoms with Crippen molar-refractivity contribution in [2.45, 2.75) is 47.1 Å². The third-order valence-electron chi connectivity index (χ3n) is 6.44. The van der Waals surface area contributed by atoms with E-state index in [2.05, 4.69) is 34.7 Å². The molecule has 38 heavy (non-hydrogen) atoms. The second-order valence-corrected chi connectivity index (χ2v) is 8.88. The van der Waals surface area contributed by atoms with E-state index in [0.717, 1.165) is 54.4 Å². The van der Waals surface area contributed by atoms with E-state index in [-0.39, 0.29) is 11.8 Å².